The van der Waals surface area contributed by atoms with Crippen LogP contribution < -0.4 is 15.8 Å². The predicted octanol–water partition coefficient (Wildman–Crippen LogP) is 2.88. The van der Waals surface area contributed by atoms with Gasteiger partial charge in [0.15, 0.2) is 5.75 Å². The second-order valence-corrected chi connectivity index (χ2v) is 5.16. The van der Waals surface area contributed by atoms with E-state index in [0.717, 1.165) is 5.69 Å². The third-order valence-corrected chi connectivity index (χ3v) is 3.01. The maximum atomic E-state index is 11.2. The molecule has 2 aromatic rings. The molecule has 3 N–H and O–H groups in total. The molecule has 0 spiro atoms. The summed E-state index contributed by atoms with van der Waals surface area (Å²) in [6.45, 7) is 5.49. The number of ether oxygens (including phenoxy) is 1. The number of nitrogens with one attached hydrogen (secondary N) is 1. The number of nitrogen functional groups attached to an aromatic ring is 1. The molecule has 1 aromatic carbocycles. The number of benzene rings is 1. The van der Waals surface area contributed by atoms with E-state index in [0.29, 0.717) is 23.0 Å². The smallest absolute Gasteiger partial charge is 0.241 e. The van der Waals surface area contributed by atoms with E-state index in [4.69, 9.17) is 10.5 Å². The number of aromatic nitrogens is 2. The van der Waals surface area contributed by atoms with Crippen LogP contribution in [0.5, 0.6) is 11.6 Å². The summed E-state index contributed by atoms with van der Waals surface area (Å²) < 4.78 is 7.47. The van der Waals surface area contributed by atoms with Gasteiger partial charge in [-0.15, -0.1) is 0 Å². The highest BCUT2D eigenvalue weighted by molar-refractivity contribution is 5.90. The second-order valence-electron chi connectivity index (χ2n) is 5.16. The summed E-state index contributed by atoms with van der Waals surface area (Å²) >= 11 is 0. The molecule has 1 heterocycles. The first kappa shape index (κ1) is 14.9. The van der Waals surface area contributed by atoms with Crippen LogP contribution in [-0.2, 0) is 11.8 Å². The molecule has 0 saturated heterocycles. The monoisotopic (exact) mass is 288 g/mol. The maximum absolute atomic E-state index is 11.2. The summed E-state index contributed by atoms with van der Waals surface area (Å²) in [6, 6.07) is 7.19. The zero-order valence-electron chi connectivity index (χ0n) is 12.7. The lowest BCUT2D eigenvalue weighted by molar-refractivity contribution is -0.114. The molecular formula is C15H20N4O2. The number of rotatable bonds is 4. The molecule has 0 saturated carbocycles. The molecule has 6 heteroatoms. The minimum Gasteiger partial charge on any atom is -0.435 e. The van der Waals surface area contributed by atoms with Crippen molar-refractivity contribution in [1.29, 1.82) is 0 Å². The Bertz CT molecular complexity index is 662. The van der Waals surface area contributed by atoms with Gasteiger partial charge in [0.05, 0.1) is 11.4 Å². The van der Waals surface area contributed by atoms with Crippen LogP contribution >= 0.6 is 0 Å². The molecular weight excluding hydrogens is 268 g/mol. The molecule has 1 aromatic heterocycles. The van der Waals surface area contributed by atoms with Crippen molar-refractivity contribution in [2.75, 3.05) is 11.1 Å². The zero-order chi connectivity index (χ0) is 15.6. The van der Waals surface area contributed by atoms with E-state index < -0.39 is 0 Å². The van der Waals surface area contributed by atoms with Gasteiger partial charge in [-0.25, -0.2) is 4.68 Å². The molecule has 0 unspecified atom stereocenters. The molecule has 0 atom stereocenters. The Morgan fingerprint density at radius 3 is 2.62 bits per heavy atom. The number of para-hydroxylation sites is 2. The third kappa shape index (κ3) is 3.16. The Morgan fingerprint density at radius 1 is 1.38 bits per heavy atom. The highest BCUT2D eigenvalue weighted by Gasteiger charge is 2.18. The summed E-state index contributed by atoms with van der Waals surface area (Å²) in [4.78, 5) is 11.2. The van der Waals surface area contributed by atoms with Crippen molar-refractivity contribution in [3.63, 3.8) is 0 Å². The average molecular weight is 288 g/mol. The number of carbonyl (C=O) groups is 1. The quantitative estimate of drug-likeness (QED) is 0.906. The topological polar surface area (TPSA) is 82.2 Å². The van der Waals surface area contributed by atoms with Crippen molar-refractivity contribution in [2.45, 2.75) is 26.7 Å². The summed E-state index contributed by atoms with van der Waals surface area (Å²) in [7, 11) is 1.78. The highest BCUT2D eigenvalue weighted by atomic mass is 16.5. The van der Waals surface area contributed by atoms with Gasteiger partial charge in [-0.3, -0.25) is 4.79 Å². The number of nitrogens with two attached hydrogens (primary N) is 1. The predicted molar refractivity (Wildman–Crippen MR) is 82.5 cm³/mol. The fourth-order valence-corrected chi connectivity index (χ4v) is 2.04. The van der Waals surface area contributed by atoms with Crippen LogP contribution in [0.3, 0.4) is 0 Å². The Hall–Kier alpha value is -2.50. The molecule has 21 heavy (non-hydrogen) atoms. The maximum Gasteiger partial charge on any atom is 0.241 e. The first-order valence-electron chi connectivity index (χ1n) is 6.77. The highest BCUT2D eigenvalue weighted by Crippen LogP contribution is 2.35. The molecule has 0 aliphatic carbocycles. The molecule has 112 valence electrons. The van der Waals surface area contributed by atoms with Gasteiger partial charge in [0, 0.05) is 14.0 Å². The van der Waals surface area contributed by atoms with Crippen molar-refractivity contribution >= 4 is 17.3 Å². The summed E-state index contributed by atoms with van der Waals surface area (Å²) in [5.74, 6) is 1.04. The first-order chi connectivity index (χ1) is 9.90. The van der Waals surface area contributed by atoms with E-state index in [-0.39, 0.29) is 11.8 Å². The van der Waals surface area contributed by atoms with Gasteiger partial charge >= 0.3 is 0 Å². The SMILES string of the molecule is CC(=O)Nc1ccccc1Oc1c(N)c(C(C)C)nn1C. The lowest BCUT2D eigenvalue weighted by Gasteiger charge is -2.11. The van der Waals surface area contributed by atoms with Crippen LogP contribution in [0, 0.1) is 0 Å². The van der Waals surface area contributed by atoms with E-state index in [1.165, 1.54) is 6.92 Å². The molecule has 6 nitrogen and oxygen atoms in total. The molecule has 0 fully saturated rings. The van der Waals surface area contributed by atoms with Gasteiger partial charge in [-0.05, 0) is 18.1 Å². The van der Waals surface area contributed by atoms with Crippen LogP contribution in [-0.4, -0.2) is 15.7 Å². The van der Waals surface area contributed by atoms with Crippen molar-refractivity contribution in [1.82, 2.24) is 9.78 Å². The minimum absolute atomic E-state index is 0.160. The summed E-state index contributed by atoms with van der Waals surface area (Å²) in [5, 5.41) is 7.10. The van der Waals surface area contributed by atoms with Crippen molar-refractivity contribution < 1.29 is 9.53 Å². The zero-order valence-corrected chi connectivity index (χ0v) is 12.7. The van der Waals surface area contributed by atoms with Crippen LogP contribution in [0.2, 0.25) is 0 Å². The van der Waals surface area contributed by atoms with Crippen LogP contribution in [0.15, 0.2) is 24.3 Å². The number of aryl methyl sites for hydroxylation is 1. The molecule has 0 aliphatic heterocycles. The number of amides is 1. The minimum atomic E-state index is -0.160. The lowest BCUT2D eigenvalue weighted by Crippen LogP contribution is -2.07. The Kier molecular flexibility index (Phi) is 4.16. The third-order valence-electron chi connectivity index (χ3n) is 3.01. The number of anilines is 2. The molecule has 1 amide bonds. The molecule has 0 radical (unpaired) electrons. The van der Waals surface area contributed by atoms with E-state index >= 15 is 0 Å². The largest absolute Gasteiger partial charge is 0.435 e. The van der Waals surface area contributed by atoms with E-state index in [1.54, 1.807) is 23.9 Å². The number of hydrogen-bond donors (Lipinski definition) is 2. The van der Waals surface area contributed by atoms with Gasteiger partial charge in [0.2, 0.25) is 11.8 Å². The van der Waals surface area contributed by atoms with Crippen LogP contribution in [0.1, 0.15) is 32.4 Å². The fourth-order valence-electron chi connectivity index (χ4n) is 2.04. The van der Waals surface area contributed by atoms with E-state index in [1.807, 2.05) is 26.0 Å². The molecule has 0 bridgehead atoms. The lowest BCUT2D eigenvalue weighted by atomic mass is 10.1. The number of nitrogens with zero attached hydrogens (tertiary/aromatic N) is 2. The van der Waals surface area contributed by atoms with Crippen molar-refractivity contribution in [2.24, 2.45) is 7.05 Å². The van der Waals surface area contributed by atoms with Crippen molar-refractivity contribution in [3.8, 4) is 11.6 Å². The fraction of sp³-hybridized carbons (Fsp3) is 0.333. The van der Waals surface area contributed by atoms with Crippen LogP contribution in [0.25, 0.3) is 0 Å². The standard InChI is InChI=1S/C15H20N4O2/c1-9(2)14-13(16)15(19(4)18-14)21-12-8-6-5-7-11(12)17-10(3)20/h5-9H,16H2,1-4H3,(H,17,20). The average Bonchev–Trinajstić information content (AvgIpc) is 2.68. The molecule has 2 rings (SSSR count). The van der Waals surface area contributed by atoms with Crippen molar-refractivity contribution in [3.05, 3.63) is 30.0 Å². The first-order valence-corrected chi connectivity index (χ1v) is 6.77. The van der Waals surface area contributed by atoms with E-state index in [9.17, 15) is 4.79 Å². The second kappa shape index (κ2) is 5.87. The number of carbonyl (C=O) groups excluding carboxylic acids is 1. The normalized spacial score (nSPS) is 10.7. The number of hydrogen-bond acceptors (Lipinski definition) is 4. The van der Waals surface area contributed by atoms with Gasteiger partial charge in [-0.2, -0.15) is 5.10 Å². The van der Waals surface area contributed by atoms with Gasteiger partial charge in [-0.1, -0.05) is 26.0 Å². The van der Waals surface area contributed by atoms with Gasteiger partial charge in [0.1, 0.15) is 5.69 Å². The Labute approximate surface area is 123 Å². The Morgan fingerprint density at radius 2 is 2.05 bits per heavy atom. The van der Waals surface area contributed by atoms with E-state index in [2.05, 4.69) is 10.4 Å². The van der Waals surface area contributed by atoms with Gasteiger partial charge in [0.25, 0.3) is 0 Å². The van der Waals surface area contributed by atoms with Crippen LogP contribution in [0.4, 0.5) is 11.4 Å². The summed E-state index contributed by atoms with van der Waals surface area (Å²) in [5.41, 5.74) is 8.02. The van der Waals surface area contributed by atoms with Gasteiger partial charge < -0.3 is 15.8 Å². The molecule has 0 aliphatic rings. The Balaban J connectivity index is 2.37. The summed E-state index contributed by atoms with van der Waals surface area (Å²) in [6.07, 6.45) is 0.